The number of alkyl halides is 2. The Balaban J connectivity index is 0.801. The van der Waals surface area contributed by atoms with Crippen LogP contribution in [-0.2, 0) is 17.7 Å². The number of rotatable bonds is 12. The predicted octanol–water partition coefficient (Wildman–Crippen LogP) is 5.12. The molecule has 0 N–H and O–H groups in total. The summed E-state index contributed by atoms with van der Waals surface area (Å²) in [6.07, 6.45) is 7.54. The van der Waals surface area contributed by atoms with Crippen molar-refractivity contribution in [2.24, 2.45) is 5.41 Å². The minimum Gasteiger partial charge on any atom is -0.490 e. The number of hydrogen-bond donors (Lipinski definition) is 0. The molecule has 1 aromatic carbocycles. The van der Waals surface area contributed by atoms with Crippen LogP contribution in [0.2, 0.25) is 0 Å². The van der Waals surface area contributed by atoms with Crippen molar-refractivity contribution >= 4 is 11.7 Å². The molecule has 0 radical (unpaired) electrons. The molecule has 2 aromatic heterocycles. The van der Waals surface area contributed by atoms with E-state index < -0.39 is 36.5 Å². The van der Waals surface area contributed by atoms with E-state index in [1.165, 1.54) is 35.3 Å². The van der Waals surface area contributed by atoms with Crippen LogP contribution in [0.4, 0.5) is 19.0 Å². The summed E-state index contributed by atoms with van der Waals surface area (Å²) in [5, 5.41) is 8.09. The molecule has 3 aromatic rings. The maximum atomic E-state index is 14.5. The van der Waals surface area contributed by atoms with Crippen LogP contribution in [0.3, 0.4) is 0 Å². The number of carbonyl (C=O) groups excluding carboxylic acids is 1. The highest BCUT2D eigenvalue weighted by molar-refractivity contribution is 5.97. The zero-order valence-corrected chi connectivity index (χ0v) is 30.9. The third-order valence-corrected chi connectivity index (χ3v) is 12.3. The number of anilines is 1. The van der Waals surface area contributed by atoms with Gasteiger partial charge in [-0.1, -0.05) is 0 Å². The fraction of sp³-hybridized carbons (Fsp3) is 0.615. The molecule has 2 aliphatic carbocycles. The van der Waals surface area contributed by atoms with E-state index in [9.17, 15) is 18.0 Å². The minimum atomic E-state index is -2.82. The standard InChI is InChI=1S/C39H47F3N8O4/c1-25(2)50(27-15-39(41,42)16-27)36(51)29-14-26(40)4-5-32(29)54-35-34(44-24-45-46-35)49-20-37(21-49)17-28(18-37)53-33-6-9-43-31-7-12-47(19-30(31)33)10-3-11-48-22-38(23-48)8-13-52-38/h4-6,9,14,24-25,27-28H,3,7-8,10-13,15-23H2,1-2H3. The average molecular weight is 749 g/mol. The Morgan fingerprint density at radius 1 is 1.04 bits per heavy atom. The molecule has 3 saturated heterocycles. The topological polar surface area (TPSA) is 109 Å². The number of ether oxygens (including phenoxy) is 3. The van der Waals surface area contributed by atoms with Crippen molar-refractivity contribution in [1.29, 1.82) is 0 Å². The van der Waals surface area contributed by atoms with Crippen LogP contribution in [0.25, 0.3) is 0 Å². The van der Waals surface area contributed by atoms with E-state index in [0.29, 0.717) is 5.82 Å². The van der Waals surface area contributed by atoms with Gasteiger partial charge in [0, 0.05) is 99.9 Å². The fourth-order valence-electron chi connectivity index (χ4n) is 9.39. The van der Waals surface area contributed by atoms with Gasteiger partial charge in [-0.2, -0.15) is 0 Å². The minimum absolute atomic E-state index is 0.0568. The molecule has 6 heterocycles. The second-order valence-electron chi connectivity index (χ2n) is 16.7. The van der Waals surface area contributed by atoms with Gasteiger partial charge in [0.2, 0.25) is 0 Å². The van der Waals surface area contributed by atoms with E-state index in [2.05, 4.69) is 34.9 Å². The zero-order valence-electron chi connectivity index (χ0n) is 30.9. The van der Waals surface area contributed by atoms with Gasteiger partial charge in [0.1, 0.15) is 29.7 Å². The summed E-state index contributed by atoms with van der Waals surface area (Å²) in [5.41, 5.74) is 2.53. The summed E-state index contributed by atoms with van der Waals surface area (Å²) in [6, 6.07) is 4.59. The Bertz CT molecular complexity index is 1880. The molecular formula is C39H47F3N8O4. The number of hydrogen-bond acceptors (Lipinski definition) is 11. The first-order chi connectivity index (χ1) is 26.0. The lowest BCUT2D eigenvalue weighted by atomic mass is 9.61. The van der Waals surface area contributed by atoms with Gasteiger partial charge >= 0.3 is 0 Å². The molecule has 2 spiro atoms. The van der Waals surface area contributed by atoms with Gasteiger partial charge in [0.05, 0.1) is 17.8 Å². The molecule has 288 valence electrons. The molecule has 4 aliphatic heterocycles. The fourth-order valence-corrected chi connectivity index (χ4v) is 9.39. The largest absolute Gasteiger partial charge is 0.490 e. The molecule has 0 atom stereocenters. The maximum absolute atomic E-state index is 14.5. The lowest BCUT2D eigenvalue weighted by molar-refractivity contribution is -0.221. The van der Waals surface area contributed by atoms with E-state index in [-0.39, 0.29) is 40.4 Å². The number of likely N-dealkylation sites (tertiary alicyclic amines) is 1. The van der Waals surface area contributed by atoms with Gasteiger partial charge in [-0.05, 0) is 70.5 Å². The molecule has 12 nitrogen and oxygen atoms in total. The van der Waals surface area contributed by atoms with E-state index in [0.717, 1.165) is 102 Å². The monoisotopic (exact) mass is 748 g/mol. The van der Waals surface area contributed by atoms with Crippen molar-refractivity contribution < 1.29 is 32.2 Å². The van der Waals surface area contributed by atoms with Gasteiger partial charge in [0.25, 0.3) is 17.7 Å². The van der Waals surface area contributed by atoms with Gasteiger partial charge < -0.3 is 24.0 Å². The number of carbonyl (C=O) groups is 1. The lowest BCUT2D eigenvalue weighted by Gasteiger charge is -2.58. The summed E-state index contributed by atoms with van der Waals surface area (Å²) < 4.78 is 60.6. The summed E-state index contributed by atoms with van der Waals surface area (Å²) in [6.45, 7) is 12.1. The third-order valence-electron chi connectivity index (χ3n) is 12.3. The molecule has 2 saturated carbocycles. The first-order valence-electron chi connectivity index (χ1n) is 19.3. The van der Waals surface area contributed by atoms with Gasteiger partial charge in [-0.25, -0.2) is 18.2 Å². The lowest BCUT2D eigenvalue weighted by Crippen LogP contribution is -2.68. The van der Waals surface area contributed by atoms with Crippen LogP contribution in [0.5, 0.6) is 17.4 Å². The van der Waals surface area contributed by atoms with Crippen molar-refractivity contribution in [2.45, 2.75) is 95.0 Å². The molecule has 15 heteroatoms. The molecule has 6 aliphatic rings. The van der Waals surface area contributed by atoms with Crippen molar-refractivity contribution in [2.75, 3.05) is 57.3 Å². The van der Waals surface area contributed by atoms with E-state index in [4.69, 9.17) is 14.2 Å². The summed E-state index contributed by atoms with van der Waals surface area (Å²) in [7, 11) is 0. The van der Waals surface area contributed by atoms with Crippen LogP contribution in [0.15, 0.2) is 36.8 Å². The predicted molar refractivity (Wildman–Crippen MR) is 191 cm³/mol. The highest BCUT2D eigenvalue weighted by atomic mass is 19.3. The maximum Gasteiger partial charge on any atom is 0.282 e. The van der Waals surface area contributed by atoms with Crippen LogP contribution < -0.4 is 14.4 Å². The van der Waals surface area contributed by atoms with Crippen LogP contribution in [-0.4, -0.2) is 123 Å². The number of nitrogens with zero attached hydrogens (tertiary/aromatic N) is 8. The number of pyridine rings is 1. The molecular weight excluding hydrogens is 701 g/mol. The third kappa shape index (κ3) is 6.76. The second-order valence-corrected chi connectivity index (χ2v) is 16.7. The molecule has 0 bridgehead atoms. The van der Waals surface area contributed by atoms with Gasteiger partial charge in [0.15, 0.2) is 5.82 Å². The van der Waals surface area contributed by atoms with Gasteiger partial charge in [-0.3, -0.25) is 19.6 Å². The number of benzene rings is 1. The highest BCUT2D eigenvalue weighted by Gasteiger charge is 2.55. The average Bonchev–Trinajstić information content (AvgIpc) is 3.05. The Morgan fingerprint density at radius 3 is 2.54 bits per heavy atom. The molecule has 5 fully saturated rings. The second kappa shape index (κ2) is 13.6. The molecule has 0 unspecified atom stereocenters. The number of fused-ring (bicyclic) bond motifs is 1. The number of aromatic nitrogens is 4. The van der Waals surface area contributed by atoms with E-state index in [1.54, 1.807) is 13.8 Å². The normalized spacial score (nSPS) is 22.8. The van der Waals surface area contributed by atoms with Gasteiger partial charge in [-0.15, -0.1) is 10.2 Å². The Hall–Kier alpha value is -4.08. The van der Waals surface area contributed by atoms with Crippen LogP contribution >= 0.6 is 0 Å². The summed E-state index contributed by atoms with van der Waals surface area (Å²) >= 11 is 0. The van der Waals surface area contributed by atoms with Crippen LogP contribution in [0, 0.1) is 11.2 Å². The van der Waals surface area contributed by atoms with Crippen molar-refractivity contribution in [3.8, 4) is 17.4 Å². The quantitative estimate of drug-likeness (QED) is 0.247. The smallest absolute Gasteiger partial charge is 0.282 e. The van der Waals surface area contributed by atoms with E-state index in [1.807, 2.05) is 12.3 Å². The number of halogens is 3. The summed E-state index contributed by atoms with van der Waals surface area (Å²) in [4.78, 5) is 31.3. The Morgan fingerprint density at radius 2 is 1.81 bits per heavy atom. The van der Waals surface area contributed by atoms with E-state index >= 15 is 0 Å². The molecule has 54 heavy (non-hydrogen) atoms. The molecule has 1 amide bonds. The first-order valence-corrected chi connectivity index (χ1v) is 19.3. The van der Waals surface area contributed by atoms with Crippen molar-refractivity contribution in [1.82, 2.24) is 34.9 Å². The SMILES string of the molecule is CC(C)N(C(=O)c1cc(F)ccc1Oc1nncnc1N1CC2(CC(Oc3ccnc4c3CN(CCCN3CC5(CCO5)C3)CC4)C2)C1)C1CC(F)(F)C1. The number of amides is 1. The Labute approximate surface area is 313 Å². The van der Waals surface area contributed by atoms with Crippen LogP contribution in [0.1, 0.15) is 74.0 Å². The summed E-state index contributed by atoms with van der Waals surface area (Å²) in [5.74, 6) is -2.49. The van der Waals surface area contributed by atoms with Crippen molar-refractivity contribution in [3.63, 3.8) is 0 Å². The highest BCUT2D eigenvalue weighted by Crippen LogP contribution is 2.52. The van der Waals surface area contributed by atoms with Crippen molar-refractivity contribution in [3.05, 3.63) is 59.4 Å². The zero-order chi connectivity index (χ0) is 37.2. The Kier molecular flexibility index (Phi) is 8.96. The first kappa shape index (κ1) is 35.6. The molecule has 9 rings (SSSR count).